The Morgan fingerprint density at radius 1 is 1.15 bits per heavy atom. The number of allylic oxidation sites excluding steroid dienone is 5. The first kappa shape index (κ1) is 27.1. The van der Waals surface area contributed by atoms with Crippen LogP contribution in [0.25, 0.3) is 0 Å². The number of piperazine rings is 1. The van der Waals surface area contributed by atoms with E-state index in [1.165, 1.54) is 0 Å². The Kier molecular flexibility index (Phi) is 11.3. The number of amides is 2. The number of likely N-dealkylation sites (N-methyl/N-ethyl adjacent to an activating group) is 1. The van der Waals surface area contributed by atoms with Gasteiger partial charge in [-0.2, -0.15) is 0 Å². The molecule has 34 heavy (non-hydrogen) atoms. The number of hydrogen-bond acceptors (Lipinski definition) is 5. The van der Waals surface area contributed by atoms with E-state index in [2.05, 4.69) is 38.9 Å². The Morgan fingerprint density at radius 2 is 1.85 bits per heavy atom. The van der Waals surface area contributed by atoms with E-state index in [4.69, 9.17) is 0 Å². The van der Waals surface area contributed by atoms with Gasteiger partial charge in [0.1, 0.15) is 0 Å². The van der Waals surface area contributed by atoms with Crippen molar-refractivity contribution >= 4 is 11.8 Å². The minimum Gasteiger partial charge on any atom is -0.385 e. The highest BCUT2D eigenvalue weighted by Crippen LogP contribution is 2.18. The Balaban J connectivity index is 2.05. The van der Waals surface area contributed by atoms with E-state index in [9.17, 15) is 9.59 Å². The van der Waals surface area contributed by atoms with Gasteiger partial charge >= 0.3 is 0 Å². The quantitative estimate of drug-likeness (QED) is 0.262. The first-order chi connectivity index (χ1) is 16.4. The van der Waals surface area contributed by atoms with Gasteiger partial charge in [-0.3, -0.25) is 19.4 Å². The molecule has 0 spiro atoms. The number of nitrogens with one attached hydrogen (secondary N) is 3. The Labute approximate surface area is 204 Å². The molecule has 0 aromatic rings. The molecule has 1 saturated heterocycles. The molecule has 0 saturated carbocycles. The van der Waals surface area contributed by atoms with Crippen molar-refractivity contribution in [1.29, 1.82) is 0 Å². The molecular formula is C27H39N5O2. The van der Waals surface area contributed by atoms with Crippen LogP contribution in [0.4, 0.5) is 0 Å². The van der Waals surface area contributed by atoms with E-state index in [1.54, 1.807) is 18.4 Å². The normalized spacial score (nSPS) is 22.7. The van der Waals surface area contributed by atoms with Crippen LogP contribution in [0.1, 0.15) is 20.8 Å². The Morgan fingerprint density at radius 3 is 2.53 bits per heavy atom. The maximum absolute atomic E-state index is 12.8. The minimum atomic E-state index is -0.208. The van der Waals surface area contributed by atoms with Crippen molar-refractivity contribution in [2.75, 3.05) is 52.4 Å². The van der Waals surface area contributed by atoms with E-state index >= 15 is 0 Å². The van der Waals surface area contributed by atoms with Crippen molar-refractivity contribution in [1.82, 2.24) is 25.8 Å². The molecule has 2 heterocycles. The summed E-state index contributed by atoms with van der Waals surface area (Å²) >= 11 is 0. The summed E-state index contributed by atoms with van der Waals surface area (Å²) < 4.78 is 0. The number of carbonyl (C=O) groups excluding carboxylic acids is 2. The average Bonchev–Trinajstić information content (AvgIpc) is 2.90. The van der Waals surface area contributed by atoms with Crippen molar-refractivity contribution < 1.29 is 9.59 Å². The van der Waals surface area contributed by atoms with Gasteiger partial charge in [0, 0.05) is 75.4 Å². The van der Waals surface area contributed by atoms with Gasteiger partial charge in [0.25, 0.3) is 11.8 Å². The van der Waals surface area contributed by atoms with Gasteiger partial charge in [-0.25, -0.2) is 0 Å². The second-order valence-corrected chi connectivity index (χ2v) is 8.36. The lowest BCUT2D eigenvalue weighted by Gasteiger charge is -2.34. The molecule has 1 fully saturated rings. The van der Waals surface area contributed by atoms with Crippen LogP contribution in [-0.2, 0) is 9.59 Å². The van der Waals surface area contributed by atoms with E-state index < -0.39 is 0 Å². The summed E-state index contributed by atoms with van der Waals surface area (Å²) in [5.41, 5.74) is 3.13. The van der Waals surface area contributed by atoms with Gasteiger partial charge < -0.3 is 16.0 Å². The highest BCUT2D eigenvalue weighted by molar-refractivity contribution is 6.00. The maximum atomic E-state index is 12.8. The number of hydrogen-bond donors (Lipinski definition) is 3. The van der Waals surface area contributed by atoms with Crippen LogP contribution in [0.2, 0.25) is 0 Å². The molecule has 2 rings (SSSR count). The van der Waals surface area contributed by atoms with Gasteiger partial charge in [-0.1, -0.05) is 30.9 Å². The molecule has 0 aromatic carbocycles. The number of rotatable bonds is 10. The maximum Gasteiger partial charge on any atom is 0.255 e. The van der Waals surface area contributed by atoms with Crippen LogP contribution in [0.15, 0.2) is 83.8 Å². The zero-order valence-electron chi connectivity index (χ0n) is 20.8. The van der Waals surface area contributed by atoms with Gasteiger partial charge in [-0.05, 0) is 44.1 Å². The molecule has 0 aliphatic carbocycles. The second kappa shape index (κ2) is 14.2. The Bertz CT molecular complexity index is 915. The highest BCUT2D eigenvalue weighted by atomic mass is 16.2. The van der Waals surface area contributed by atoms with Crippen LogP contribution in [0.3, 0.4) is 0 Å². The van der Waals surface area contributed by atoms with Crippen LogP contribution < -0.4 is 16.0 Å². The lowest BCUT2D eigenvalue weighted by atomic mass is 10.0. The number of nitrogens with zero attached hydrogens (tertiary/aromatic N) is 2. The standard InChI is InChI=1S/C27H39N5O2/c1-6-14-31-16-18-32(19-17-31)15-13-30-26(33)23(5)22(4)25(28-7-2)20-24-21(3)11-9-8-10-12-29-27(24)34/h6,8-12,20,28H,1,5,7,13-19H2,2-4H3,(H,29,34)(H,30,33)/b9-8-,12-10+,21-11+,24-20-,25-22-. The summed E-state index contributed by atoms with van der Waals surface area (Å²) in [6.45, 7) is 20.5. The lowest BCUT2D eigenvalue weighted by Crippen LogP contribution is -2.48. The van der Waals surface area contributed by atoms with Gasteiger partial charge in [-0.15, -0.1) is 6.58 Å². The van der Waals surface area contributed by atoms with Crippen LogP contribution >= 0.6 is 0 Å². The molecule has 0 bridgehead atoms. The molecular weight excluding hydrogens is 426 g/mol. The lowest BCUT2D eigenvalue weighted by molar-refractivity contribution is -0.117. The molecule has 3 N–H and O–H groups in total. The monoisotopic (exact) mass is 465 g/mol. The average molecular weight is 466 g/mol. The fourth-order valence-electron chi connectivity index (χ4n) is 3.74. The van der Waals surface area contributed by atoms with E-state index in [0.29, 0.717) is 35.5 Å². The summed E-state index contributed by atoms with van der Waals surface area (Å²) in [6, 6.07) is 0. The molecule has 0 unspecified atom stereocenters. The zero-order valence-corrected chi connectivity index (χ0v) is 20.8. The highest BCUT2D eigenvalue weighted by Gasteiger charge is 2.18. The molecule has 7 nitrogen and oxygen atoms in total. The summed E-state index contributed by atoms with van der Waals surface area (Å²) in [5, 5.41) is 9.04. The van der Waals surface area contributed by atoms with Crippen molar-refractivity contribution in [3.05, 3.63) is 83.8 Å². The fraction of sp³-hybridized carbons (Fsp3) is 0.407. The molecule has 0 atom stereocenters. The SMILES string of the molecule is C=CCN1CCN(CCNC(=O)C(=C)/C(C)=C(/C=C2C(=O)N/C=C/C=C\C=C\2C)NCC)CC1. The first-order valence-electron chi connectivity index (χ1n) is 11.9. The molecule has 2 amide bonds. The fourth-order valence-corrected chi connectivity index (χ4v) is 3.74. The van der Waals surface area contributed by atoms with Crippen molar-refractivity contribution in [3.63, 3.8) is 0 Å². The predicted molar refractivity (Wildman–Crippen MR) is 140 cm³/mol. The third kappa shape index (κ3) is 8.32. The van der Waals surface area contributed by atoms with Crippen molar-refractivity contribution in [2.45, 2.75) is 20.8 Å². The van der Waals surface area contributed by atoms with Gasteiger partial charge in [0.2, 0.25) is 0 Å². The van der Waals surface area contributed by atoms with Crippen LogP contribution in [-0.4, -0.2) is 74.0 Å². The molecule has 2 aliphatic rings. The second-order valence-electron chi connectivity index (χ2n) is 8.36. The minimum absolute atomic E-state index is 0.200. The van der Waals surface area contributed by atoms with Crippen molar-refractivity contribution in [3.8, 4) is 0 Å². The van der Waals surface area contributed by atoms with E-state index in [0.717, 1.165) is 44.8 Å². The molecule has 7 heteroatoms. The largest absolute Gasteiger partial charge is 0.385 e. The predicted octanol–water partition coefficient (Wildman–Crippen LogP) is 2.42. The van der Waals surface area contributed by atoms with Crippen LogP contribution in [0, 0.1) is 0 Å². The van der Waals surface area contributed by atoms with Crippen molar-refractivity contribution in [2.24, 2.45) is 0 Å². The van der Waals surface area contributed by atoms with Gasteiger partial charge in [0.15, 0.2) is 0 Å². The summed E-state index contributed by atoms with van der Waals surface area (Å²) in [7, 11) is 0. The van der Waals surface area contributed by atoms with E-state index in [1.807, 2.05) is 45.1 Å². The summed E-state index contributed by atoms with van der Waals surface area (Å²) in [4.78, 5) is 30.2. The topological polar surface area (TPSA) is 76.7 Å². The summed E-state index contributed by atoms with van der Waals surface area (Å²) in [5.74, 6) is -0.409. The third-order valence-corrected chi connectivity index (χ3v) is 5.90. The number of carbonyl (C=O) groups is 2. The third-order valence-electron chi connectivity index (χ3n) is 5.90. The molecule has 184 valence electrons. The van der Waals surface area contributed by atoms with Crippen LogP contribution in [0.5, 0.6) is 0 Å². The molecule has 2 aliphatic heterocycles. The zero-order chi connectivity index (χ0) is 24.9. The van der Waals surface area contributed by atoms with Gasteiger partial charge in [0.05, 0.1) is 0 Å². The van der Waals surface area contributed by atoms with E-state index in [-0.39, 0.29) is 11.8 Å². The summed E-state index contributed by atoms with van der Waals surface area (Å²) in [6.07, 6.45) is 12.7. The molecule has 0 aromatic heterocycles. The Hall–Kier alpha value is -3.16. The first-order valence-corrected chi connectivity index (χ1v) is 11.9. The smallest absolute Gasteiger partial charge is 0.255 e. The molecule has 0 radical (unpaired) electrons.